The maximum absolute atomic E-state index is 15.6. The van der Waals surface area contributed by atoms with Gasteiger partial charge < -0.3 is 10.1 Å². The molecule has 5 atom stereocenters. The zero-order valence-corrected chi connectivity index (χ0v) is 19.1. The molecule has 3 aliphatic rings. The van der Waals surface area contributed by atoms with Gasteiger partial charge in [0, 0.05) is 40.8 Å². The molecule has 0 bridgehead atoms. The molecule has 2 heterocycles. The molecule has 1 aliphatic heterocycles. The normalized spacial score (nSPS) is 28.4. The number of fused-ring (bicyclic) bond motifs is 4. The van der Waals surface area contributed by atoms with Crippen LogP contribution in [0.1, 0.15) is 54.6 Å². The van der Waals surface area contributed by atoms with E-state index in [2.05, 4.69) is 22.9 Å². The highest BCUT2D eigenvalue weighted by Gasteiger charge is 2.49. The van der Waals surface area contributed by atoms with Crippen LogP contribution in [0.4, 0.5) is 8.78 Å². The Labute approximate surface area is 197 Å². The smallest absolute Gasteiger partial charge is 0.328 e. The van der Waals surface area contributed by atoms with E-state index in [0.717, 1.165) is 53.0 Å². The first-order valence-electron chi connectivity index (χ1n) is 12.2. The lowest BCUT2D eigenvalue weighted by atomic mass is 9.53. The maximum Gasteiger partial charge on any atom is 0.328 e. The number of para-hydroxylation sites is 1. The molecule has 6 rings (SSSR count). The van der Waals surface area contributed by atoms with E-state index in [1.807, 2.05) is 18.2 Å². The molecule has 0 spiro atoms. The third kappa shape index (κ3) is 3.38. The monoisotopic (exact) mass is 462 g/mol. The first kappa shape index (κ1) is 21.5. The van der Waals surface area contributed by atoms with Crippen molar-refractivity contribution in [3.63, 3.8) is 0 Å². The summed E-state index contributed by atoms with van der Waals surface area (Å²) in [7, 11) is 0. The number of nitrogens with one attached hydrogen (secondary N) is 1. The van der Waals surface area contributed by atoms with Crippen LogP contribution in [0.25, 0.3) is 17.0 Å². The molecule has 0 saturated heterocycles. The third-order valence-electron chi connectivity index (χ3n) is 8.44. The van der Waals surface area contributed by atoms with Gasteiger partial charge in [0.1, 0.15) is 11.6 Å². The molecule has 34 heavy (non-hydrogen) atoms. The number of aliphatic carboxylic acids is 1. The minimum absolute atomic E-state index is 0.0383. The average Bonchev–Trinajstić information content (AvgIpc) is 3.14. The number of H-pyrrole nitrogens is 1. The van der Waals surface area contributed by atoms with E-state index in [4.69, 9.17) is 5.11 Å². The average molecular weight is 463 g/mol. The largest absolute Gasteiger partial charge is 0.478 e. The number of aromatic nitrogens is 1. The number of carboxylic acid groups (broad SMARTS) is 1. The second-order valence-corrected chi connectivity index (χ2v) is 10.3. The number of nitrogens with zero attached hydrogens (tertiary/aromatic N) is 1. The number of aromatic amines is 1. The van der Waals surface area contributed by atoms with E-state index >= 15 is 8.78 Å². The summed E-state index contributed by atoms with van der Waals surface area (Å²) in [6.07, 6.45) is 6.75. The zero-order chi connectivity index (χ0) is 23.6. The van der Waals surface area contributed by atoms with Crippen molar-refractivity contribution in [1.82, 2.24) is 9.88 Å². The first-order chi connectivity index (χ1) is 16.4. The molecule has 0 radical (unpaired) electrons. The van der Waals surface area contributed by atoms with Crippen molar-refractivity contribution in [2.75, 3.05) is 6.54 Å². The Morgan fingerprint density at radius 2 is 1.97 bits per heavy atom. The van der Waals surface area contributed by atoms with Gasteiger partial charge in [-0.05, 0) is 85.8 Å². The van der Waals surface area contributed by atoms with Gasteiger partial charge in [-0.15, -0.1) is 0 Å². The van der Waals surface area contributed by atoms with Crippen LogP contribution in [0.15, 0.2) is 42.5 Å². The van der Waals surface area contributed by atoms with E-state index in [0.29, 0.717) is 5.92 Å². The lowest BCUT2D eigenvalue weighted by molar-refractivity contribution is -0.131. The van der Waals surface area contributed by atoms with Crippen molar-refractivity contribution in [2.45, 2.75) is 44.7 Å². The molecule has 1 aromatic heterocycles. The van der Waals surface area contributed by atoms with Crippen molar-refractivity contribution < 1.29 is 18.7 Å². The summed E-state index contributed by atoms with van der Waals surface area (Å²) in [5.41, 5.74) is 3.22. The number of rotatable bonds is 5. The molecule has 5 unspecified atom stereocenters. The standard InChI is InChI=1S/C28H28F2N2O2/c1-15-10-21-20-4-2-3-5-24(20)31-27(21)28(32(15)14-18-13-17-7-8-19(17)18)26-22(29)11-16(12-23(26)30)6-9-25(33)34/h2-6,9,11-12,15,17-19,28,31H,7-8,10,13-14H2,1H3,(H,33,34)/b9-6+. The lowest BCUT2D eigenvalue weighted by Crippen LogP contribution is -2.53. The predicted octanol–water partition coefficient (Wildman–Crippen LogP) is 5.93. The molecule has 4 nitrogen and oxygen atoms in total. The molecule has 2 aromatic carbocycles. The van der Waals surface area contributed by atoms with Gasteiger partial charge >= 0.3 is 5.97 Å². The molecule has 176 valence electrons. The fourth-order valence-electron chi connectivity index (χ4n) is 6.59. The maximum atomic E-state index is 15.6. The van der Waals surface area contributed by atoms with Crippen molar-refractivity contribution in [1.29, 1.82) is 0 Å². The molecule has 0 amide bonds. The van der Waals surface area contributed by atoms with Crippen LogP contribution in [0.2, 0.25) is 0 Å². The van der Waals surface area contributed by atoms with Gasteiger partial charge in [-0.1, -0.05) is 18.2 Å². The number of carboxylic acids is 1. The van der Waals surface area contributed by atoms with Gasteiger partial charge in [0.15, 0.2) is 0 Å². The summed E-state index contributed by atoms with van der Waals surface area (Å²) in [6.45, 7) is 3.00. The van der Waals surface area contributed by atoms with Gasteiger partial charge in [-0.2, -0.15) is 0 Å². The van der Waals surface area contributed by atoms with Gasteiger partial charge in [-0.3, -0.25) is 4.90 Å². The van der Waals surface area contributed by atoms with Crippen LogP contribution in [0.3, 0.4) is 0 Å². The van der Waals surface area contributed by atoms with Crippen LogP contribution in [-0.2, 0) is 11.2 Å². The fourth-order valence-corrected chi connectivity index (χ4v) is 6.59. The molecular weight excluding hydrogens is 434 g/mol. The van der Waals surface area contributed by atoms with E-state index in [-0.39, 0.29) is 17.2 Å². The molecule has 2 N–H and O–H groups in total. The highest BCUT2D eigenvalue weighted by Crippen LogP contribution is 2.55. The van der Waals surface area contributed by atoms with Crippen LogP contribution < -0.4 is 0 Å². The Morgan fingerprint density at radius 3 is 2.62 bits per heavy atom. The van der Waals surface area contributed by atoms with E-state index in [1.54, 1.807) is 0 Å². The summed E-state index contributed by atoms with van der Waals surface area (Å²) in [4.78, 5) is 16.7. The second kappa shape index (κ2) is 8.05. The van der Waals surface area contributed by atoms with Gasteiger partial charge in [0.2, 0.25) is 0 Å². The number of halogens is 2. The second-order valence-electron chi connectivity index (χ2n) is 10.3. The number of hydrogen-bond acceptors (Lipinski definition) is 2. The third-order valence-corrected chi connectivity index (χ3v) is 8.44. The van der Waals surface area contributed by atoms with Crippen LogP contribution in [-0.4, -0.2) is 33.5 Å². The summed E-state index contributed by atoms with van der Waals surface area (Å²) in [6, 6.07) is 10.1. The Kier molecular flexibility index (Phi) is 5.10. The SMILES string of the molecule is CC1Cc2c([nH]c3ccccc23)C(c2c(F)cc(/C=C/C(=O)O)cc2F)N1CC1CC2CCC21. The molecule has 2 saturated carbocycles. The number of hydrogen-bond donors (Lipinski definition) is 2. The Balaban J connectivity index is 1.47. The highest BCUT2D eigenvalue weighted by molar-refractivity contribution is 5.86. The summed E-state index contributed by atoms with van der Waals surface area (Å²) in [5.74, 6) is -0.257. The molecule has 6 heteroatoms. The Bertz CT molecular complexity index is 1290. The van der Waals surface area contributed by atoms with Crippen molar-refractivity contribution >= 4 is 22.9 Å². The topological polar surface area (TPSA) is 56.3 Å². The molecular formula is C28H28F2N2O2. The van der Waals surface area contributed by atoms with Crippen molar-refractivity contribution in [3.8, 4) is 0 Å². The fraction of sp³-hybridized carbons (Fsp3) is 0.393. The molecule has 2 aliphatic carbocycles. The van der Waals surface area contributed by atoms with E-state index in [1.165, 1.54) is 37.5 Å². The Morgan fingerprint density at radius 1 is 1.21 bits per heavy atom. The van der Waals surface area contributed by atoms with E-state index in [9.17, 15) is 4.79 Å². The summed E-state index contributed by atoms with van der Waals surface area (Å²) in [5, 5.41) is 10.00. The van der Waals surface area contributed by atoms with Gasteiger partial charge in [0.25, 0.3) is 0 Å². The lowest BCUT2D eigenvalue weighted by Gasteiger charge is -2.56. The highest BCUT2D eigenvalue weighted by atomic mass is 19.1. The molecule has 3 aromatic rings. The predicted molar refractivity (Wildman–Crippen MR) is 127 cm³/mol. The van der Waals surface area contributed by atoms with Crippen LogP contribution in [0, 0.1) is 29.4 Å². The van der Waals surface area contributed by atoms with Crippen molar-refractivity contribution in [3.05, 3.63) is 76.5 Å². The zero-order valence-electron chi connectivity index (χ0n) is 19.1. The van der Waals surface area contributed by atoms with Gasteiger partial charge in [0.05, 0.1) is 6.04 Å². The Hall–Kier alpha value is -2.99. The van der Waals surface area contributed by atoms with Gasteiger partial charge in [-0.25, -0.2) is 13.6 Å². The minimum Gasteiger partial charge on any atom is -0.478 e. The summed E-state index contributed by atoms with van der Waals surface area (Å²) >= 11 is 0. The molecule has 2 fully saturated rings. The number of benzene rings is 2. The first-order valence-corrected chi connectivity index (χ1v) is 12.2. The quantitative estimate of drug-likeness (QED) is 0.463. The minimum atomic E-state index is -1.16. The summed E-state index contributed by atoms with van der Waals surface area (Å²) < 4.78 is 31.2. The van der Waals surface area contributed by atoms with Crippen LogP contribution in [0.5, 0.6) is 0 Å². The van der Waals surface area contributed by atoms with Crippen molar-refractivity contribution in [2.24, 2.45) is 17.8 Å². The number of carbonyl (C=O) groups is 1. The van der Waals surface area contributed by atoms with Crippen LogP contribution >= 0.6 is 0 Å². The van der Waals surface area contributed by atoms with E-state index < -0.39 is 23.6 Å².